The Morgan fingerprint density at radius 3 is 2.27 bits per heavy atom. The van der Waals surface area contributed by atoms with Crippen LogP contribution in [-0.2, 0) is 10.3 Å². The molecule has 1 saturated heterocycles. The van der Waals surface area contributed by atoms with Crippen molar-refractivity contribution < 1.29 is 23.4 Å². The summed E-state index contributed by atoms with van der Waals surface area (Å²) < 4.78 is 33.0. The Balaban J connectivity index is 2.62. The maximum atomic E-state index is 13.6. The molecule has 22 heavy (non-hydrogen) atoms. The molecule has 1 aromatic carbocycles. The Morgan fingerprint density at radius 1 is 1.32 bits per heavy atom. The lowest BCUT2D eigenvalue weighted by Crippen LogP contribution is -2.53. The number of halogens is 2. The number of nitrogens with zero attached hydrogens (tertiary/aromatic N) is 1. The van der Waals surface area contributed by atoms with Crippen LogP contribution in [0.4, 0.5) is 13.6 Å². The first-order valence-corrected chi connectivity index (χ1v) is 7.13. The number of carboxylic acid groups (broad SMARTS) is 1. The molecule has 4 nitrogen and oxygen atoms in total. The molecule has 1 heterocycles. The zero-order valence-corrected chi connectivity index (χ0v) is 13.2. The molecule has 0 aromatic heterocycles. The SMILES string of the molecule is COC1(c2cc(F)cc(F)c2)CCN(C(=O)O)C1C(C)(C)C. The predicted octanol–water partition coefficient (Wildman–Crippen LogP) is 3.60. The maximum absolute atomic E-state index is 13.6. The van der Waals surface area contributed by atoms with E-state index in [0.717, 1.165) is 6.07 Å². The minimum Gasteiger partial charge on any atom is -0.465 e. The minimum atomic E-state index is -1.07. The highest BCUT2D eigenvalue weighted by Gasteiger charge is 2.55. The number of rotatable bonds is 2. The van der Waals surface area contributed by atoms with Crippen LogP contribution in [0, 0.1) is 17.0 Å². The fourth-order valence-corrected chi connectivity index (χ4v) is 3.61. The van der Waals surface area contributed by atoms with E-state index in [1.54, 1.807) is 0 Å². The van der Waals surface area contributed by atoms with Gasteiger partial charge in [-0.15, -0.1) is 0 Å². The second-order valence-electron chi connectivity index (χ2n) is 6.75. The number of ether oxygens (including phenoxy) is 1. The average Bonchev–Trinajstić information content (AvgIpc) is 2.78. The smallest absolute Gasteiger partial charge is 0.407 e. The van der Waals surface area contributed by atoms with Crippen LogP contribution in [0.2, 0.25) is 0 Å². The lowest BCUT2D eigenvalue weighted by Gasteiger charge is -2.44. The predicted molar refractivity (Wildman–Crippen MR) is 77.6 cm³/mol. The average molecular weight is 313 g/mol. The van der Waals surface area contributed by atoms with Crippen LogP contribution in [0.25, 0.3) is 0 Å². The van der Waals surface area contributed by atoms with E-state index in [1.165, 1.54) is 24.1 Å². The van der Waals surface area contributed by atoms with Gasteiger partial charge in [0.2, 0.25) is 0 Å². The van der Waals surface area contributed by atoms with Crippen LogP contribution in [0.15, 0.2) is 18.2 Å². The van der Waals surface area contributed by atoms with Gasteiger partial charge in [-0.1, -0.05) is 20.8 Å². The van der Waals surface area contributed by atoms with E-state index in [4.69, 9.17) is 4.74 Å². The summed E-state index contributed by atoms with van der Waals surface area (Å²) in [4.78, 5) is 12.8. The Labute approximate surface area is 128 Å². The molecule has 2 unspecified atom stereocenters. The minimum absolute atomic E-state index is 0.253. The summed E-state index contributed by atoms with van der Waals surface area (Å²) in [5, 5.41) is 9.45. The van der Waals surface area contributed by atoms with E-state index in [0.29, 0.717) is 12.0 Å². The van der Waals surface area contributed by atoms with E-state index in [2.05, 4.69) is 0 Å². The van der Waals surface area contributed by atoms with Crippen LogP contribution in [-0.4, -0.2) is 35.8 Å². The molecule has 1 aromatic rings. The lowest BCUT2D eigenvalue weighted by atomic mass is 9.73. The van der Waals surface area contributed by atoms with Gasteiger partial charge in [-0.05, 0) is 23.1 Å². The second kappa shape index (κ2) is 5.50. The van der Waals surface area contributed by atoms with Gasteiger partial charge < -0.3 is 14.7 Å². The number of hydrogen-bond donors (Lipinski definition) is 1. The largest absolute Gasteiger partial charge is 0.465 e. The first-order chi connectivity index (χ1) is 10.1. The number of carbonyl (C=O) groups is 1. The molecule has 2 atom stereocenters. The molecule has 122 valence electrons. The number of hydrogen-bond acceptors (Lipinski definition) is 2. The number of amides is 1. The molecule has 0 bridgehead atoms. The van der Waals surface area contributed by atoms with Crippen molar-refractivity contribution >= 4 is 6.09 Å². The molecule has 2 rings (SSSR count). The van der Waals surface area contributed by atoms with E-state index < -0.39 is 34.8 Å². The van der Waals surface area contributed by atoms with Crippen molar-refractivity contribution in [3.05, 3.63) is 35.4 Å². The molecule has 0 saturated carbocycles. The first kappa shape index (κ1) is 16.7. The molecule has 1 N–H and O–H groups in total. The summed E-state index contributed by atoms with van der Waals surface area (Å²) in [6.45, 7) is 5.93. The van der Waals surface area contributed by atoms with Gasteiger partial charge in [0.05, 0.1) is 6.04 Å². The summed E-state index contributed by atoms with van der Waals surface area (Å²) in [5.74, 6) is -1.40. The standard InChI is InChI=1S/C16H21F2NO3/c1-15(2,3)13-16(22-4,5-6-19(13)14(20)21)10-7-11(17)9-12(18)8-10/h7-9,13H,5-6H2,1-4H3,(H,20,21). The second-order valence-corrected chi connectivity index (χ2v) is 6.75. The number of benzene rings is 1. The summed E-state index contributed by atoms with van der Waals surface area (Å²) >= 11 is 0. The van der Waals surface area contributed by atoms with Crippen molar-refractivity contribution in [2.24, 2.45) is 5.41 Å². The Kier molecular flexibility index (Phi) is 4.17. The van der Waals surface area contributed by atoms with Crippen LogP contribution in [0.5, 0.6) is 0 Å². The summed E-state index contributed by atoms with van der Waals surface area (Å²) in [5.41, 5.74) is -1.20. The summed E-state index contributed by atoms with van der Waals surface area (Å²) in [6.07, 6.45) is -0.712. The molecule has 1 fully saturated rings. The molecule has 1 aliphatic heterocycles. The molecule has 0 radical (unpaired) electrons. The van der Waals surface area contributed by atoms with Gasteiger partial charge in [-0.2, -0.15) is 0 Å². The van der Waals surface area contributed by atoms with Crippen molar-refractivity contribution in [1.82, 2.24) is 4.90 Å². The molecule has 6 heteroatoms. The molecule has 1 aliphatic rings. The van der Waals surface area contributed by atoms with Gasteiger partial charge >= 0.3 is 6.09 Å². The fourth-order valence-electron chi connectivity index (χ4n) is 3.61. The first-order valence-electron chi connectivity index (χ1n) is 7.13. The van der Waals surface area contributed by atoms with E-state index in [9.17, 15) is 18.7 Å². The van der Waals surface area contributed by atoms with E-state index in [-0.39, 0.29) is 6.54 Å². The Morgan fingerprint density at radius 2 is 1.86 bits per heavy atom. The van der Waals surface area contributed by atoms with Crippen molar-refractivity contribution in [3.8, 4) is 0 Å². The van der Waals surface area contributed by atoms with Gasteiger partial charge in [0.1, 0.15) is 17.2 Å². The Bertz CT molecular complexity index is 565. The normalized spacial score (nSPS) is 25.5. The molecular formula is C16H21F2NO3. The quantitative estimate of drug-likeness (QED) is 0.907. The van der Waals surface area contributed by atoms with Gasteiger partial charge in [-0.25, -0.2) is 13.6 Å². The van der Waals surface area contributed by atoms with Crippen LogP contribution < -0.4 is 0 Å². The van der Waals surface area contributed by atoms with Crippen molar-refractivity contribution in [2.45, 2.75) is 38.8 Å². The van der Waals surface area contributed by atoms with Crippen molar-refractivity contribution in [1.29, 1.82) is 0 Å². The highest BCUT2D eigenvalue weighted by molar-refractivity contribution is 5.66. The third-order valence-electron chi connectivity index (χ3n) is 4.26. The summed E-state index contributed by atoms with van der Waals surface area (Å²) in [6, 6.07) is 2.68. The highest BCUT2D eigenvalue weighted by atomic mass is 19.1. The lowest BCUT2D eigenvalue weighted by molar-refractivity contribution is -0.0735. The van der Waals surface area contributed by atoms with Crippen molar-refractivity contribution in [3.63, 3.8) is 0 Å². The molecular weight excluding hydrogens is 292 g/mol. The van der Waals surface area contributed by atoms with Gasteiger partial charge in [0.25, 0.3) is 0 Å². The van der Waals surface area contributed by atoms with E-state index in [1.807, 2.05) is 20.8 Å². The number of likely N-dealkylation sites (tertiary alicyclic amines) is 1. The molecule has 0 aliphatic carbocycles. The van der Waals surface area contributed by atoms with Gasteiger partial charge in [0.15, 0.2) is 0 Å². The maximum Gasteiger partial charge on any atom is 0.407 e. The third-order valence-corrected chi connectivity index (χ3v) is 4.26. The van der Waals surface area contributed by atoms with Crippen LogP contribution >= 0.6 is 0 Å². The molecule has 0 spiro atoms. The van der Waals surface area contributed by atoms with Crippen molar-refractivity contribution in [2.75, 3.05) is 13.7 Å². The zero-order chi connectivity index (χ0) is 16.7. The third kappa shape index (κ3) is 2.67. The molecule has 1 amide bonds. The Hall–Kier alpha value is -1.69. The van der Waals surface area contributed by atoms with Crippen LogP contribution in [0.1, 0.15) is 32.8 Å². The topological polar surface area (TPSA) is 49.8 Å². The number of methoxy groups -OCH3 is 1. The summed E-state index contributed by atoms with van der Waals surface area (Å²) in [7, 11) is 1.45. The fraction of sp³-hybridized carbons (Fsp3) is 0.562. The van der Waals surface area contributed by atoms with Gasteiger partial charge in [0, 0.05) is 26.1 Å². The van der Waals surface area contributed by atoms with Gasteiger partial charge in [-0.3, -0.25) is 0 Å². The monoisotopic (exact) mass is 313 g/mol. The van der Waals surface area contributed by atoms with E-state index >= 15 is 0 Å². The highest BCUT2D eigenvalue weighted by Crippen LogP contribution is 2.48. The zero-order valence-electron chi connectivity index (χ0n) is 13.2. The van der Waals surface area contributed by atoms with Crippen LogP contribution in [0.3, 0.4) is 0 Å².